The van der Waals surface area contributed by atoms with E-state index in [2.05, 4.69) is 0 Å². The molecule has 0 aromatic heterocycles. The topological polar surface area (TPSA) is 38.8 Å². The normalized spacial score (nSPS) is 32.8. The van der Waals surface area contributed by atoms with Crippen LogP contribution in [0.3, 0.4) is 0 Å². The number of fused-ring (bicyclic) bond motifs is 1. The molecule has 3 nitrogen and oxygen atoms in total. The molecule has 2 atom stereocenters. The number of ether oxygens (including phenoxy) is 2. The van der Waals surface area contributed by atoms with Gasteiger partial charge in [0.25, 0.3) is 0 Å². The Morgan fingerprint density at radius 2 is 1.50 bits per heavy atom. The molecule has 0 bridgehead atoms. The predicted molar refractivity (Wildman–Crippen MR) is 70.7 cm³/mol. The maximum Gasteiger partial charge on any atom is 0.158 e. The first-order chi connectivity index (χ1) is 8.86. The van der Waals surface area contributed by atoms with Gasteiger partial charge < -0.3 is 9.47 Å². The highest BCUT2D eigenvalue weighted by atomic mass is 16.6. The quantitative estimate of drug-likeness (QED) is 0.623. The molecule has 0 amide bonds. The number of rotatable bonds is 0. The third-order valence-corrected chi connectivity index (χ3v) is 3.94. The molecule has 0 saturated carbocycles. The molecule has 0 aliphatic carbocycles. The Morgan fingerprint density at radius 3 is 2.33 bits per heavy atom. The van der Waals surface area contributed by atoms with E-state index in [1.165, 1.54) is 44.9 Å². The van der Waals surface area contributed by atoms with Gasteiger partial charge in [0.05, 0.1) is 12.2 Å². The average Bonchev–Trinajstić information content (AvgIpc) is 3.10. The summed E-state index contributed by atoms with van der Waals surface area (Å²) in [5.41, 5.74) is 0. The van der Waals surface area contributed by atoms with Crippen molar-refractivity contribution < 1.29 is 14.3 Å². The van der Waals surface area contributed by atoms with Crippen LogP contribution >= 0.6 is 0 Å². The summed E-state index contributed by atoms with van der Waals surface area (Å²) in [6.07, 6.45) is 12.6. The van der Waals surface area contributed by atoms with Gasteiger partial charge in [-0.15, -0.1) is 0 Å². The molecule has 2 fully saturated rings. The summed E-state index contributed by atoms with van der Waals surface area (Å²) in [5, 5.41) is 0. The third kappa shape index (κ3) is 5.49. The third-order valence-electron chi connectivity index (χ3n) is 3.94. The number of carbonyl (C=O) groups excluding carboxylic acids is 1. The lowest BCUT2D eigenvalue weighted by molar-refractivity contribution is -0.123. The lowest BCUT2D eigenvalue weighted by atomic mass is 10.0. The van der Waals surface area contributed by atoms with Crippen LogP contribution in [0.4, 0.5) is 0 Å². The second kappa shape index (κ2) is 7.90. The number of hydrogen-bond donors (Lipinski definition) is 0. The van der Waals surface area contributed by atoms with E-state index >= 15 is 0 Å². The summed E-state index contributed by atoms with van der Waals surface area (Å²) in [6, 6.07) is 0. The van der Waals surface area contributed by atoms with Crippen LogP contribution in [0, 0.1) is 0 Å². The number of epoxide rings is 1. The predicted octanol–water partition coefficient (Wildman–Crippen LogP) is 3.25. The molecule has 0 aromatic carbocycles. The van der Waals surface area contributed by atoms with Crippen molar-refractivity contribution >= 4 is 5.78 Å². The summed E-state index contributed by atoms with van der Waals surface area (Å²) < 4.78 is 11.0. The van der Waals surface area contributed by atoms with E-state index in [1.807, 2.05) is 0 Å². The molecule has 1 unspecified atom stereocenters. The zero-order valence-electron chi connectivity index (χ0n) is 11.4. The Kier molecular flexibility index (Phi) is 6.15. The summed E-state index contributed by atoms with van der Waals surface area (Å²) in [7, 11) is 0. The minimum atomic E-state index is 0.260. The summed E-state index contributed by atoms with van der Waals surface area (Å²) in [6.45, 7) is 0.976. The highest BCUT2D eigenvalue weighted by Gasteiger charge is 2.37. The van der Waals surface area contributed by atoms with Crippen molar-refractivity contribution in [1.82, 2.24) is 0 Å². The molecule has 2 aliphatic rings. The smallest absolute Gasteiger partial charge is 0.158 e. The molecular formula is C15H26O3. The first kappa shape index (κ1) is 14.0. The van der Waals surface area contributed by atoms with Gasteiger partial charge in [-0.25, -0.2) is 0 Å². The molecule has 2 saturated heterocycles. The lowest BCUT2D eigenvalue weighted by Gasteiger charge is -2.04. The van der Waals surface area contributed by atoms with Crippen LogP contribution in [0.1, 0.15) is 64.2 Å². The highest BCUT2D eigenvalue weighted by Crippen LogP contribution is 2.30. The molecule has 0 radical (unpaired) electrons. The summed E-state index contributed by atoms with van der Waals surface area (Å²) >= 11 is 0. The van der Waals surface area contributed by atoms with Gasteiger partial charge in [-0.05, 0) is 19.3 Å². The Balaban J connectivity index is 1.64. The van der Waals surface area contributed by atoms with E-state index in [4.69, 9.17) is 9.47 Å². The van der Waals surface area contributed by atoms with Crippen molar-refractivity contribution in [3.8, 4) is 0 Å². The van der Waals surface area contributed by atoms with E-state index < -0.39 is 0 Å². The first-order valence-electron chi connectivity index (χ1n) is 7.61. The van der Waals surface area contributed by atoms with Crippen LogP contribution in [0.2, 0.25) is 0 Å². The molecule has 2 heterocycles. The van der Waals surface area contributed by atoms with Gasteiger partial charge in [0.1, 0.15) is 6.61 Å². The van der Waals surface area contributed by atoms with Crippen molar-refractivity contribution in [2.75, 3.05) is 13.2 Å². The Morgan fingerprint density at radius 1 is 0.833 bits per heavy atom. The summed E-state index contributed by atoms with van der Waals surface area (Å²) in [5.74, 6) is 0.260. The van der Waals surface area contributed by atoms with E-state index in [0.717, 1.165) is 12.8 Å². The van der Waals surface area contributed by atoms with Crippen molar-refractivity contribution in [2.24, 2.45) is 0 Å². The van der Waals surface area contributed by atoms with E-state index in [9.17, 15) is 4.79 Å². The molecule has 0 aromatic rings. The van der Waals surface area contributed by atoms with E-state index in [0.29, 0.717) is 31.8 Å². The highest BCUT2D eigenvalue weighted by molar-refractivity contribution is 5.79. The second-order valence-corrected chi connectivity index (χ2v) is 5.61. The Bertz CT molecular complexity index is 252. The fourth-order valence-electron chi connectivity index (χ4n) is 2.70. The molecule has 2 aliphatic heterocycles. The van der Waals surface area contributed by atoms with Crippen molar-refractivity contribution in [2.45, 2.75) is 76.4 Å². The van der Waals surface area contributed by atoms with Crippen LogP contribution < -0.4 is 0 Å². The zero-order valence-corrected chi connectivity index (χ0v) is 11.4. The minimum Gasteiger partial charge on any atom is -0.374 e. The maximum atomic E-state index is 11.5. The zero-order chi connectivity index (χ0) is 12.6. The molecule has 0 spiro atoms. The largest absolute Gasteiger partial charge is 0.374 e. The molecule has 3 heteroatoms. The number of Topliss-reactive ketones (excluding diaryl/α,β-unsaturated/α-hetero) is 1. The van der Waals surface area contributed by atoms with Crippen LogP contribution in [-0.4, -0.2) is 31.2 Å². The van der Waals surface area contributed by atoms with Gasteiger partial charge in [-0.2, -0.15) is 0 Å². The summed E-state index contributed by atoms with van der Waals surface area (Å²) in [4.78, 5) is 11.5. The minimum absolute atomic E-state index is 0.260. The molecule has 0 N–H and O–H groups in total. The fourth-order valence-corrected chi connectivity index (χ4v) is 2.70. The Labute approximate surface area is 110 Å². The molecule has 18 heavy (non-hydrogen) atoms. The Hall–Kier alpha value is -0.410. The standard InChI is InChI=1S/C15H26O3/c16-13-8-6-4-2-1-3-5-7-9-14-15(18-14)10-11-17-12-13/h14-15H,1-12H2/t14?,15-/m0/s1. The van der Waals surface area contributed by atoms with Gasteiger partial charge >= 0.3 is 0 Å². The van der Waals surface area contributed by atoms with Gasteiger partial charge in [-0.1, -0.05) is 38.5 Å². The fraction of sp³-hybridized carbons (Fsp3) is 0.933. The SMILES string of the molecule is O=C1CCCCCCCCCC2O[C@H]2CCOC1. The van der Waals surface area contributed by atoms with Crippen molar-refractivity contribution in [1.29, 1.82) is 0 Å². The van der Waals surface area contributed by atoms with E-state index in [-0.39, 0.29) is 5.78 Å². The van der Waals surface area contributed by atoms with Crippen LogP contribution in [0.25, 0.3) is 0 Å². The van der Waals surface area contributed by atoms with Crippen LogP contribution in [0.5, 0.6) is 0 Å². The van der Waals surface area contributed by atoms with Gasteiger partial charge in [0.15, 0.2) is 5.78 Å². The average molecular weight is 254 g/mol. The number of carbonyl (C=O) groups is 1. The van der Waals surface area contributed by atoms with Gasteiger partial charge in [0, 0.05) is 13.0 Å². The first-order valence-corrected chi connectivity index (χ1v) is 7.61. The van der Waals surface area contributed by atoms with Gasteiger partial charge in [0.2, 0.25) is 0 Å². The molecule has 104 valence electrons. The molecular weight excluding hydrogens is 228 g/mol. The monoisotopic (exact) mass is 254 g/mol. The lowest BCUT2D eigenvalue weighted by Crippen LogP contribution is -2.10. The maximum absolute atomic E-state index is 11.5. The van der Waals surface area contributed by atoms with Crippen LogP contribution in [-0.2, 0) is 14.3 Å². The van der Waals surface area contributed by atoms with Crippen molar-refractivity contribution in [3.05, 3.63) is 0 Å². The number of ketones is 1. The van der Waals surface area contributed by atoms with Gasteiger partial charge in [-0.3, -0.25) is 4.79 Å². The van der Waals surface area contributed by atoms with Crippen LogP contribution in [0.15, 0.2) is 0 Å². The van der Waals surface area contributed by atoms with Crippen molar-refractivity contribution in [3.63, 3.8) is 0 Å². The second-order valence-electron chi connectivity index (χ2n) is 5.61. The number of hydrogen-bond acceptors (Lipinski definition) is 3. The van der Waals surface area contributed by atoms with E-state index in [1.54, 1.807) is 0 Å². The molecule has 2 rings (SSSR count).